The zero-order chi connectivity index (χ0) is 13.8. The first-order valence-electron chi connectivity index (χ1n) is 6.73. The van der Waals surface area contributed by atoms with Crippen LogP contribution in [0.4, 0.5) is 5.82 Å². The highest BCUT2D eigenvalue weighted by molar-refractivity contribution is 5.58. The lowest BCUT2D eigenvalue weighted by atomic mass is 10.2. The maximum Gasteiger partial charge on any atom is 0.134 e. The van der Waals surface area contributed by atoms with Gasteiger partial charge < -0.3 is 5.32 Å². The highest BCUT2D eigenvalue weighted by Crippen LogP contribution is 2.21. The summed E-state index contributed by atoms with van der Waals surface area (Å²) in [6.45, 7) is 7.26. The molecular formula is C14H21N5. The Labute approximate surface area is 114 Å². The molecular weight excluding hydrogens is 238 g/mol. The number of anilines is 1. The van der Waals surface area contributed by atoms with E-state index in [1.165, 1.54) is 0 Å². The fourth-order valence-corrected chi connectivity index (χ4v) is 1.82. The molecule has 1 N–H and O–H groups in total. The van der Waals surface area contributed by atoms with E-state index in [2.05, 4.69) is 41.2 Å². The Morgan fingerprint density at radius 2 is 2.11 bits per heavy atom. The highest BCUT2D eigenvalue weighted by Gasteiger charge is 2.11. The first-order valence-corrected chi connectivity index (χ1v) is 6.73. The Hall–Kier alpha value is -1.91. The number of aryl methyl sites for hydroxylation is 1. The molecule has 2 aromatic heterocycles. The minimum atomic E-state index is 0.301. The van der Waals surface area contributed by atoms with E-state index in [9.17, 15) is 0 Å². The van der Waals surface area contributed by atoms with Gasteiger partial charge in [-0.3, -0.25) is 4.68 Å². The van der Waals surface area contributed by atoms with E-state index in [0.29, 0.717) is 5.92 Å². The molecule has 0 atom stereocenters. The average Bonchev–Trinajstić information content (AvgIpc) is 2.82. The van der Waals surface area contributed by atoms with Crippen LogP contribution in [-0.2, 0) is 7.05 Å². The van der Waals surface area contributed by atoms with E-state index < -0.39 is 0 Å². The van der Waals surface area contributed by atoms with Crippen LogP contribution < -0.4 is 5.32 Å². The van der Waals surface area contributed by atoms with Crippen LogP contribution in [0.25, 0.3) is 11.4 Å². The normalized spacial score (nSPS) is 11.0. The lowest BCUT2D eigenvalue weighted by molar-refractivity contribution is 0.756. The Morgan fingerprint density at radius 3 is 2.68 bits per heavy atom. The van der Waals surface area contributed by atoms with Gasteiger partial charge in [-0.2, -0.15) is 5.10 Å². The van der Waals surface area contributed by atoms with Gasteiger partial charge in [-0.05, 0) is 12.5 Å². The van der Waals surface area contributed by atoms with Gasteiger partial charge in [-0.15, -0.1) is 0 Å². The summed E-state index contributed by atoms with van der Waals surface area (Å²) in [4.78, 5) is 9.19. The Kier molecular flexibility index (Phi) is 4.14. The molecule has 0 fully saturated rings. The quantitative estimate of drug-likeness (QED) is 0.897. The van der Waals surface area contributed by atoms with Crippen LogP contribution in [0.15, 0.2) is 18.3 Å². The Bertz CT molecular complexity index is 545. The van der Waals surface area contributed by atoms with Crippen molar-refractivity contribution in [3.8, 4) is 11.4 Å². The van der Waals surface area contributed by atoms with E-state index >= 15 is 0 Å². The van der Waals surface area contributed by atoms with Gasteiger partial charge in [0.2, 0.25) is 0 Å². The predicted molar refractivity (Wildman–Crippen MR) is 77.1 cm³/mol. The Morgan fingerprint density at radius 1 is 1.32 bits per heavy atom. The number of nitrogens with zero attached hydrogens (tertiary/aromatic N) is 4. The van der Waals surface area contributed by atoms with E-state index in [-0.39, 0.29) is 0 Å². The number of hydrogen-bond donors (Lipinski definition) is 1. The summed E-state index contributed by atoms with van der Waals surface area (Å²) < 4.78 is 1.83. The van der Waals surface area contributed by atoms with Gasteiger partial charge in [0.15, 0.2) is 0 Å². The van der Waals surface area contributed by atoms with Crippen molar-refractivity contribution in [2.75, 3.05) is 11.9 Å². The van der Waals surface area contributed by atoms with Crippen molar-refractivity contribution in [2.24, 2.45) is 7.05 Å². The predicted octanol–water partition coefficient (Wildman–Crippen LogP) is 2.82. The summed E-state index contributed by atoms with van der Waals surface area (Å²) in [5.41, 5.74) is 1.92. The zero-order valence-electron chi connectivity index (χ0n) is 12.0. The van der Waals surface area contributed by atoms with Crippen molar-refractivity contribution in [3.63, 3.8) is 0 Å². The van der Waals surface area contributed by atoms with Gasteiger partial charge in [0.25, 0.3) is 0 Å². The fraction of sp³-hybridized carbons (Fsp3) is 0.500. The molecule has 0 bridgehead atoms. The summed E-state index contributed by atoms with van der Waals surface area (Å²) in [5.74, 6) is 2.05. The second kappa shape index (κ2) is 5.82. The molecule has 5 nitrogen and oxygen atoms in total. The molecule has 0 saturated heterocycles. The second-order valence-electron chi connectivity index (χ2n) is 4.92. The van der Waals surface area contributed by atoms with Crippen molar-refractivity contribution >= 4 is 5.82 Å². The van der Waals surface area contributed by atoms with Crippen LogP contribution in [0.2, 0.25) is 0 Å². The maximum atomic E-state index is 4.63. The van der Waals surface area contributed by atoms with E-state index in [0.717, 1.165) is 36.0 Å². The number of hydrogen-bond acceptors (Lipinski definition) is 4. The molecule has 19 heavy (non-hydrogen) atoms. The van der Waals surface area contributed by atoms with Crippen LogP contribution in [0.1, 0.15) is 38.9 Å². The van der Waals surface area contributed by atoms with E-state index in [1.807, 2.05) is 23.9 Å². The molecule has 0 aliphatic rings. The molecule has 102 valence electrons. The van der Waals surface area contributed by atoms with Gasteiger partial charge in [0.05, 0.1) is 11.4 Å². The van der Waals surface area contributed by atoms with Crippen molar-refractivity contribution < 1.29 is 0 Å². The summed E-state index contributed by atoms with van der Waals surface area (Å²) >= 11 is 0. The number of aromatic nitrogens is 4. The largest absolute Gasteiger partial charge is 0.370 e. The molecule has 0 saturated carbocycles. The maximum absolute atomic E-state index is 4.63. The molecule has 0 aromatic carbocycles. The highest BCUT2D eigenvalue weighted by atomic mass is 15.3. The standard InChI is InChI=1S/C14H21N5/c1-5-7-15-13-9-11(12-6-8-16-19(12)4)17-14(18-13)10(2)3/h6,8-10H,5,7H2,1-4H3,(H,15,17,18). The third-order valence-corrected chi connectivity index (χ3v) is 2.90. The summed E-state index contributed by atoms with van der Waals surface area (Å²) in [6.07, 6.45) is 2.85. The van der Waals surface area contributed by atoms with Crippen LogP contribution in [0.3, 0.4) is 0 Å². The molecule has 0 spiro atoms. The lowest BCUT2D eigenvalue weighted by Crippen LogP contribution is -2.08. The van der Waals surface area contributed by atoms with Gasteiger partial charge in [-0.1, -0.05) is 20.8 Å². The first kappa shape index (κ1) is 13.5. The zero-order valence-corrected chi connectivity index (χ0v) is 12.0. The van der Waals surface area contributed by atoms with Crippen molar-refractivity contribution in [2.45, 2.75) is 33.1 Å². The van der Waals surface area contributed by atoms with Crippen LogP contribution in [0.5, 0.6) is 0 Å². The van der Waals surface area contributed by atoms with Gasteiger partial charge in [0.1, 0.15) is 11.6 Å². The third kappa shape index (κ3) is 3.10. The molecule has 0 radical (unpaired) electrons. The van der Waals surface area contributed by atoms with E-state index in [1.54, 1.807) is 6.20 Å². The third-order valence-electron chi connectivity index (χ3n) is 2.90. The molecule has 0 aliphatic carbocycles. The van der Waals surface area contributed by atoms with Gasteiger partial charge >= 0.3 is 0 Å². The monoisotopic (exact) mass is 259 g/mol. The van der Waals surface area contributed by atoms with Gasteiger partial charge in [0, 0.05) is 31.8 Å². The topological polar surface area (TPSA) is 55.6 Å². The number of rotatable bonds is 5. The molecule has 0 amide bonds. The lowest BCUT2D eigenvalue weighted by Gasteiger charge is -2.11. The van der Waals surface area contributed by atoms with Crippen molar-refractivity contribution in [1.29, 1.82) is 0 Å². The summed E-state index contributed by atoms with van der Waals surface area (Å²) in [5, 5.41) is 7.53. The SMILES string of the molecule is CCCNc1cc(-c2ccnn2C)nc(C(C)C)n1. The van der Waals surface area contributed by atoms with Crippen LogP contribution in [0, 0.1) is 0 Å². The average molecular weight is 259 g/mol. The van der Waals surface area contributed by atoms with Crippen molar-refractivity contribution in [3.05, 3.63) is 24.2 Å². The molecule has 0 aliphatic heterocycles. The summed E-state index contributed by atoms with van der Waals surface area (Å²) in [7, 11) is 1.92. The molecule has 2 heterocycles. The fourth-order valence-electron chi connectivity index (χ4n) is 1.82. The minimum Gasteiger partial charge on any atom is -0.370 e. The smallest absolute Gasteiger partial charge is 0.134 e. The Balaban J connectivity index is 2.42. The van der Waals surface area contributed by atoms with Gasteiger partial charge in [-0.25, -0.2) is 9.97 Å². The summed E-state index contributed by atoms with van der Waals surface area (Å²) in [6, 6.07) is 3.95. The molecule has 0 unspecified atom stereocenters. The minimum absolute atomic E-state index is 0.301. The second-order valence-corrected chi connectivity index (χ2v) is 4.92. The molecule has 5 heteroatoms. The molecule has 2 aromatic rings. The first-order chi connectivity index (χ1) is 9.11. The van der Waals surface area contributed by atoms with Crippen LogP contribution >= 0.6 is 0 Å². The van der Waals surface area contributed by atoms with E-state index in [4.69, 9.17) is 0 Å². The number of nitrogens with one attached hydrogen (secondary N) is 1. The van der Waals surface area contributed by atoms with Crippen molar-refractivity contribution in [1.82, 2.24) is 19.7 Å². The van der Waals surface area contributed by atoms with Crippen LogP contribution in [-0.4, -0.2) is 26.3 Å². The molecule has 2 rings (SSSR count).